The molecule has 0 radical (unpaired) electrons. The van der Waals surface area contributed by atoms with Gasteiger partial charge in [-0.2, -0.15) is 10.2 Å². The third-order valence-electron chi connectivity index (χ3n) is 2.31. The Hall–Kier alpha value is -1.94. The van der Waals surface area contributed by atoms with Gasteiger partial charge in [-0.3, -0.25) is 0 Å². The molecule has 0 aliphatic carbocycles. The molecule has 82 valence electrons. The van der Waals surface area contributed by atoms with E-state index in [0.717, 1.165) is 11.3 Å². The molecule has 0 saturated heterocycles. The molecule has 2 rings (SSSR count). The highest BCUT2D eigenvalue weighted by Crippen LogP contribution is 2.19. The summed E-state index contributed by atoms with van der Waals surface area (Å²) in [6, 6.07) is 10.1. The second-order valence-corrected chi connectivity index (χ2v) is 3.53. The van der Waals surface area contributed by atoms with Crippen molar-refractivity contribution in [1.29, 1.82) is 0 Å². The number of hydrogen-bond donors (Lipinski definition) is 2. The van der Waals surface area contributed by atoms with Gasteiger partial charge in [-0.25, -0.2) is 0 Å². The highest BCUT2D eigenvalue weighted by atomic mass is 16.3. The maximum Gasteiger partial charge on any atom is 0.115 e. The smallest absolute Gasteiger partial charge is 0.115 e. The van der Waals surface area contributed by atoms with Crippen LogP contribution < -0.4 is 0 Å². The SMILES string of the molecule is Oc1ccc(C(O)Cc2cccnn2)cc1. The van der Waals surface area contributed by atoms with Crippen molar-refractivity contribution in [3.8, 4) is 5.75 Å². The normalized spacial score (nSPS) is 12.3. The van der Waals surface area contributed by atoms with E-state index in [1.165, 1.54) is 0 Å². The standard InChI is InChI=1S/C12H12N2O2/c15-11-5-3-9(4-6-11)12(16)8-10-2-1-7-13-14-10/h1-7,12,15-16H,8H2. The lowest BCUT2D eigenvalue weighted by atomic mass is 10.0. The highest BCUT2D eigenvalue weighted by Gasteiger charge is 2.09. The molecule has 0 fully saturated rings. The van der Waals surface area contributed by atoms with Crippen molar-refractivity contribution in [3.63, 3.8) is 0 Å². The first-order chi connectivity index (χ1) is 7.75. The number of rotatable bonds is 3. The van der Waals surface area contributed by atoms with Crippen LogP contribution in [0.5, 0.6) is 5.75 Å². The van der Waals surface area contributed by atoms with Crippen molar-refractivity contribution in [2.75, 3.05) is 0 Å². The molecular formula is C12H12N2O2. The van der Waals surface area contributed by atoms with E-state index in [-0.39, 0.29) is 5.75 Å². The predicted molar refractivity (Wildman–Crippen MR) is 58.8 cm³/mol. The Morgan fingerprint density at radius 2 is 1.88 bits per heavy atom. The topological polar surface area (TPSA) is 66.2 Å². The highest BCUT2D eigenvalue weighted by molar-refractivity contribution is 5.27. The van der Waals surface area contributed by atoms with Gasteiger partial charge in [-0.05, 0) is 29.8 Å². The number of nitrogens with zero attached hydrogens (tertiary/aromatic N) is 2. The Labute approximate surface area is 93.2 Å². The molecule has 4 heteroatoms. The van der Waals surface area contributed by atoms with E-state index in [1.807, 2.05) is 6.07 Å². The quantitative estimate of drug-likeness (QED) is 0.815. The molecular weight excluding hydrogens is 204 g/mol. The molecule has 1 atom stereocenters. The van der Waals surface area contributed by atoms with Crippen LogP contribution in [0.25, 0.3) is 0 Å². The Morgan fingerprint density at radius 1 is 1.12 bits per heavy atom. The fourth-order valence-corrected chi connectivity index (χ4v) is 1.45. The van der Waals surface area contributed by atoms with E-state index in [0.29, 0.717) is 6.42 Å². The van der Waals surface area contributed by atoms with Crippen LogP contribution in [0.4, 0.5) is 0 Å². The number of phenolic OH excluding ortho intramolecular Hbond substituents is 1. The van der Waals surface area contributed by atoms with Crippen LogP contribution in [0.2, 0.25) is 0 Å². The molecule has 1 aromatic carbocycles. The molecule has 0 saturated carbocycles. The first-order valence-corrected chi connectivity index (χ1v) is 4.99. The van der Waals surface area contributed by atoms with Crippen LogP contribution in [0.1, 0.15) is 17.4 Å². The average molecular weight is 216 g/mol. The lowest BCUT2D eigenvalue weighted by Crippen LogP contribution is -2.03. The van der Waals surface area contributed by atoms with Crippen molar-refractivity contribution in [3.05, 3.63) is 53.9 Å². The number of aromatic nitrogens is 2. The summed E-state index contributed by atoms with van der Waals surface area (Å²) in [6.07, 6.45) is 1.38. The molecule has 0 aliphatic heterocycles. The minimum atomic E-state index is -0.628. The molecule has 0 aliphatic rings. The number of aliphatic hydroxyl groups is 1. The van der Waals surface area contributed by atoms with Crippen LogP contribution in [-0.2, 0) is 6.42 Å². The summed E-state index contributed by atoms with van der Waals surface area (Å²) in [6.45, 7) is 0. The molecule has 16 heavy (non-hydrogen) atoms. The molecule has 2 aromatic rings. The minimum Gasteiger partial charge on any atom is -0.508 e. The van der Waals surface area contributed by atoms with Gasteiger partial charge < -0.3 is 10.2 Å². The molecule has 0 amide bonds. The molecule has 1 aromatic heterocycles. The first-order valence-electron chi connectivity index (χ1n) is 4.99. The van der Waals surface area contributed by atoms with Crippen molar-refractivity contribution in [1.82, 2.24) is 10.2 Å². The van der Waals surface area contributed by atoms with E-state index < -0.39 is 6.10 Å². The average Bonchev–Trinajstić information content (AvgIpc) is 2.31. The maximum atomic E-state index is 9.92. The summed E-state index contributed by atoms with van der Waals surface area (Å²) >= 11 is 0. The molecule has 1 unspecified atom stereocenters. The van der Waals surface area contributed by atoms with E-state index in [1.54, 1.807) is 36.5 Å². The molecule has 0 bridgehead atoms. The molecule has 1 heterocycles. The van der Waals surface area contributed by atoms with Crippen molar-refractivity contribution >= 4 is 0 Å². The van der Waals surface area contributed by atoms with E-state index in [4.69, 9.17) is 5.11 Å². The zero-order valence-electron chi connectivity index (χ0n) is 8.61. The van der Waals surface area contributed by atoms with Gasteiger partial charge in [-0.1, -0.05) is 12.1 Å². The minimum absolute atomic E-state index is 0.190. The van der Waals surface area contributed by atoms with Gasteiger partial charge in [0.1, 0.15) is 5.75 Å². The zero-order chi connectivity index (χ0) is 11.4. The van der Waals surface area contributed by atoms with Crippen molar-refractivity contribution in [2.24, 2.45) is 0 Å². The number of benzene rings is 1. The largest absolute Gasteiger partial charge is 0.508 e. The summed E-state index contributed by atoms with van der Waals surface area (Å²) in [5.41, 5.74) is 1.49. The van der Waals surface area contributed by atoms with Gasteiger partial charge in [0.25, 0.3) is 0 Å². The summed E-state index contributed by atoms with van der Waals surface area (Å²) in [5.74, 6) is 0.190. The number of hydrogen-bond acceptors (Lipinski definition) is 4. The third-order valence-corrected chi connectivity index (χ3v) is 2.31. The second kappa shape index (κ2) is 4.72. The van der Waals surface area contributed by atoms with Gasteiger partial charge in [0.2, 0.25) is 0 Å². The predicted octanol–water partition coefficient (Wildman–Crippen LogP) is 1.46. The van der Waals surface area contributed by atoms with Gasteiger partial charge >= 0.3 is 0 Å². The van der Waals surface area contributed by atoms with Crippen molar-refractivity contribution in [2.45, 2.75) is 12.5 Å². The second-order valence-electron chi connectivity index (χ2n) is 3.53. The van der Waals surface area contributed by atoms with E-state index in [9.17, 15) is 5.11 Å². The summed E-state index contributed by atoms with van der Waals surface area (Å²) in [5, 5.41) is 26.7. The van der Waals surface area contributed by atoms with Gasteiger partial charge in [0, 0.05) is 12.6 Å². The fraction of sp³-hybridized carbons (Fsp3) is 0.167. The van der Waals surface area contributed by atoms with Crippen LogP contribution in [0.3, 0.4) is 0 Å². The Balaban J connectivity index is 2.09. The summed E-state index contributed by atoms with van der Waals surface area (Å²) < 4.78 is 0. The molecule has 4 nitrogen and oxygen atoms in total. The van der Waals surface area contributed by atoms with E-state index >= 15 is 0 Å². The maximum absolute atomic E-state index is 9.92. The third kappa shape index (κ3) is 2.55. The van der Waals surface area contributed by atoms with Crippen molar-refractivity contribution < 1.29 is 10.2 Å². The van der Waals surface area contributed by atoms with Crippen LogP contribution in [0, 0.1) is 0 Å². The number of phenols is 1. The van der Waals surface area contributed by atoms with Crippen LogP contribution in [0.15, 0.2) is 42.6 Å². The van der Waals surface area contributed by atoms with Crippen LogP contribution in [-0.4, -0.2) is 20.4 Å². The Morgan fingerprint density at radius 3 is 2.50 bits per heavy atom. The van der Waals surface area contributed by atoms with E-state index in [2.05, 4.69) is 10.2 Å². The first kappa shape index (κ1) is 10.6. The van der Waals surface area contributed by atoms with Gasteiger partial charge in [0.15, 0.2) is 0 Å². The lowest BCUT2D eigenvalue weighted by Gasteiger charge is -2.09. The van der Waals surface area contributed by atoms with Gasteiger partial charge in [0.05, 0.1) is 11.8 Å². The van der Waals surface area contributed by atoms with Gasteiger partial charge in [-0.15, -0.1) is 0 Å². The zero-order valence-corrected chi connectivity index (χ0v) is 8.61. The number of aliphatic hydroxyl groups excluding tert-OH is 1. The van der Waals surface area contributed by atoms with Crippen LogP contribution >= 0.6 is 0 Å². The monoisotopic (exact) mass is 216 g/mol. The molecule has 2 N–H and O–H groups in total. The lowest BCUT2D eigenvalue weighted by molar-refractivity contribution is 0.177. The fourth-order valence-electron chi connectivity index (χ4n) is 1.45. The Kier molecular flexibility index (Phi) is 3.12. The Bertz CT molecular complexity index is 442. The summed E-state index contributed by atoms with van der Waals surface area (Å²) in [7, 11) is 0. The summed E-state index contributed by atoms with van der Waals surface area (Å²) in [4.78, 5) is 0. The molecule has 0 spiro atoms. The number of aromatic hydroxyl groups is 1.